The highest BCUT2D eigenvalue weighted by atomic mass is 32.2. The minimum absolute atomic E-state index is 0.225. The van der Waals surface area contributed by atoms with Crippen molar-refractivity contribution in [3.8, 4) is 5.75 Å². The van der Waals surface area contributed by atoms with Gasteiger partial charge in [0.2, 0.25) is 0 Å². The van der Waals surface area contributed by atoms with Gasteiger partial charge in [-0.1, -0.05) is 23.9 Å². The Hall–Kier alpha value is -1.98. The molecule has 1 heterocycles. The van der Waals surface area contributed by atoms with E-state index in [-0.39, 0.29) is 11.3 Å². The van der Waals surface area contributed by atoms with Crippen molar-refractivity contribution in [2.24, 2.45) is 5.73 Å². The number of anilines is 1. The van der Waals surface area contributed by atoms with E-state index in [9.17, 15) is 4.39 Å². The van der Waals surface area contributed by atoms with Crippen molar-refractivity contribution in [2.75, 3.05) is 12.0 Å². The summed E-state index contributed by atoms with van der Waals surface area (Å²) in [4.78, 5) is 1.98. The largest absolute Gasteiger partial charge is 0.497 e. The number of thioether (sulfide) groups is 1. The summed E-state index contributed by atoms with van der Waals surface area (Å²) in [6.45, 7) is 0. The lowest BCUT2D eigenvalue weighted by Gasteiger charge is -2.26. The predicted molar refractivity (Wildman–Crippen MR) is 85.4 cm³/mol. The Morgan fingerprint density at radius 2 is 1.95 bits per heavy atom. The molecular weight excluding hydrogens is 287 g/mol. The summed E-state index contributed by atoms with van der Waals surface area (Å²) in [5.41, 5.74) is 8.59. The molecule has 0 radical (unpaired) electrons. The number of halogens is 1. The van der Waals surface area contributed by atoms with Gasteiger partial charge in [-0.05, 0) is 41.8 Å². The first-order valence-electron chi connectivity index (χ1n) is 6.49. The number of ether oxygens (including phenoxy) is 1. The van der Waals surface area contributed by atoms with Crippen LogP contribution in [0.15, 0.2) is 53.9 Å². The Bertz CT molecular complexity index is 672. The van der Waals surface area contributed by atoms with Crippen molar-refractivity contribution in [1.82, 2.24) is 0 Å². The van der Waals surface area contributed by atoms with Gasteiger partial charge in [0.05, 0.1) is 12.8 Å². The molecule has 108 valence electrons. The van der Waals surface area contributed by atoms with E-state index in [1.807, 2.05) is 40.6 Å². The van der Waals surface area contributed by atoms with Crippen molar-refractivity contribution < 1.29 is 9.13 Å². The number of methoxy groups -OCH3 is 1. The lowest BCUT2D eigenvalue weighted by Crippen LogP contribution is -2.34. The van der Waals surface area contributed by atoms with Crippen LogP contribution in [0.25, 0.3) is 5.70 Å². The molecular formula is C16H15FN2OS. The van der Waals surface area contributed by atoms with Crippen LogP contribution >= 0.6 is 11.8 Å². The van der Waals surface area contributed by atoms with Gasteiger partial charge in [-0.15, -0.1) is 0 Å². The van der Waals surface area contributed by atoms with E-state index >= 15 is 0 Å². The zero-order valence-corrected chi connectivity index (χ0v) is 12.3. The number of nitrogens with two attached hydrogens (primary N) is 1. The summed E-state index contributed by atoms with van der Waals surface area (Å²) in [7, 11) is 1.63. The monoisotopic (exact) mass is 302 g/mol. The molecule has 3 rings (SSSR count). The molecule has 1 aliphatic heterocycles. The average molecular weight is 302 g/mol. The molecule has 21 heavy (non-hydrogen) atoms. The van der Waals surface area contributed by atoms with E-state index < -0.39 is 0 Å². The number of hydrogen-bond acceptors (Lipinski definition) is 4. The normalized spacial score (nSPS) is 17.8. The van der Waals surface area contributed by atoms with Gasteiger partial charge < -0.3 is 15.4 Å². The molecule has 1 unspecified atom stereocenters. The van der Waals surface area contributed by atoms with Crippen LogP contribution in [0.2, 0.25) is 0 Å². The molecule has 1 aliphatic rings. The van der Waals surface area contributed by atoms with Gasteiger partial charge in [-0.3, -0.25) is 0 Å². The Morgan fingerprint density at radius 1 is 1.19 bits per heavy atom. The minimum Gasteiger partial charge on any atom is -0.497 e. The average Bonchev–Trinajstić information content (AvgIpc) is 2.89. The van der Waals surface area contributed by atoms with Gasteiger partial charge >= 0.3 is 0 Å². The second kappa shape index (κ2) is 5.79. The van der Waals surface area contributed by atoms with Crippen LogP contribution in [0.5, 0.6) is 5.75 Å². The molecule has 0 bridgehead atoms. The molecule has 0 saturated carbocycles. The Labute approximate surface area is 127 Å². The van der Waals surface area contributed by atoms with E-state index in [4.69, 9.17) is 10.5 Å². The van der Waals surface area contributed by atoms with E-state index in [1.54, 1.807) is 13.2 Å². The number of hydrogen-bond donors (Lipinski definition) is 1. The first-order valence-corrected chi connectivity index (χ1v) is 7.44. The van der Waals surface area contributed by atoms with E-state index in [2.05, 4.69) is 0 Å². The highest BCUT2D eigenvalue weighted by Crippen LogP contribution is 2.38. The third-order valence-corrected chi connectivity index (χ3v) is 4.15. The van der Waals surface area contributed by atoms with Gasteiger partial charge in [0.25, 0.3) is 0 Å². The van der Waals surface area contributed by atoms with Crippen LogP contribution in [0.3, 0.4) is 0 Å². The highest BCUT2D eigenvalue weighted by molar-refractivity contribution is 8.03. The third-order valence-electron chi connectivity index (χ3n) is 3.30. The van der Waals surface area contributed by atoms with Crippen LogP contribution in [0, 0.1) is 5.82 Å². The number of benzene rings is 2. The molecule has 0 aliphatic carbocycles. The molecule has 0 aromatic heterocycles. The van der Waals surface area contributed by atoms with E-state index in [0.717, 1.165) is 22.7 Å². The lowest BCUT2D eigenvalue weighted by atomic mass is 10.1. The maximum Gasteiger partial charge on any atom is 0.134 e. The van der Waals surface area contributed by atoms with Crippen LogP contribution in [-0.4, -0.2) is 12.6 Å². The summed E-state index contributed by atoms with van der Waals surface area (Å²) >= 11 is 1.51. The fourth-order valence-corrected chi connectivity index (χ4v) is 3.15. The van der Waals surface area contributed by atoms with Crippen LogP contribution in [0.4, 0.5) is 10.1 Å². The molecule has 5 heteroatoms. The minimum atomic E-state index is -0.256. The zero-order valence-electron chi connectivity index (χ0n) is 11.5. The van der Waals surface area contributed by atoms with Crippen molar-refractivity contribution in [3.63, 3.8) is 0 Å². The standard InChI is InChI=1S/C16H15FN2OS/c1-20-14-7-5-13(6-8-14)19-15(10-21-16(19)18)11-3-2-4-12(17)9-11/h2-10,16H,18H2,1H3. The summed E-state index contributed by atoms with van der Waals surface area (Å²) in [5, 5.41) is 1.96. The summed E-state index contributed by atoms with van der Waals surface area (Å²) in [6.07, 6.45) is 0. The first-order chi connectivity index (χ1) is 10.2. The molecule has 1 atom stereocenters. The predicted octanol–water partition coefficient (Wildman–Crippen LogP) is 3.63. The van der Waals surface area contributed by atoms with Crippen molar-refractivity contribution >= 4 is 23.1 Å². The molecule has 2 N–H and O–H groups in total. The quantitative estimate of drug-likeness (QED) is 0.939. The Balaban J connectivity index is 1.97. The van der Waals surface area contributed by atoms with Crippen molar-refractivity contribution in [1.29, 1.82) is 0 Å². The molecule has 3 nitrogen and oxygen atoms in total. The smallest absolute Gasteiger partial charge is 0.134 e. The summed E-state index contributed by atoms with van der Waals surface area (Å²) in [5.74, 6) is 0.531. The van der Waals surface area contributed by atoms with Gasteiger partial charge in [0.15, 0.2) is 0 Å². The maximum atomic E-state index is 13.4. The molecule has 0 amide bonds. The van der Waals surface area contributed by atoms with Gasteiger partial charge in [-0.2, -0.15) is 0 Å². The van der Waals surface area contributed by atoms with E-state index in [0.29, 0.717) is 0 Å². The lowest BCUT2D eigenvalue weighted by molar-refractivity contribution is 0.415. The molecule has 0 saturated heterocycles. The fourth-order valence-electron chi connectivity index (χ4n) is 2.27. The molecule has 2 aromatic carbocycles. The summed E-state index contributed by atoms with van der Waals surface area (Å²) < 4.78 is 18.6. The fraction of sp³-hybridized carbons (Fsp3) is 0.125. The van der Waals surface area contributed by atoms with Crippen LogP contribution in [-0.2, 0) is 0 Å². The van der Waals surface area contributed by atoms with E-state index in [1.165, 1.54) is 23.9 Å². The summed E-state index contributed by atoms with van der Waals surface area (Å²) in [6, 6.07) is 14.2. The topological polar surface area (TPSA) is 38.5 Å². The second-order valence-electron chi connectivity index (χ2n) is 4.61. The first kappa shape index (κ1) is 14.0. The Kier molecular flexibility index (Phi) is 3.86. The van der Waals surface area contributed by atoms with Gasteiger partial charge in [-0.25, -0.2) is 4.39 Å². The zero-order chi connectivity index (χ0) is 14.8. The molecule has 2 aromatic rings. The third kappa shape index (κ3) is 2.75. The molecule has 0 spiro atoms. The van der Waals surface area contributed by atoms with Crippen LogP contribution in [0.1, 0.15) is 5.56 Å². The maximum absolute atomic E-state index is 13.4. The highest BCUT2D eigenvalue weighted by Gasteiger charge is 2.26. The Morgan fingerprint density at radius 3 is 2.62 bits per heavy atom. The van der Waals surface area contributed by atoms with Gasteiger partial charge in [0, 0.05) is 11.3 Å². The molecule has 0 fully saturated rings. The van der Waals surface area contributed by atoms with Crippen molar-refractivity contribution in [3.05, 3.63) is 65.3 Å². The second-order valence-corrected chi connectivity index (χ2v) is 5.60. The van der Waals surface area contributed by atoms with Gasteiger partial charge in [0.1, 0.15) is 17.1 Å². The number of nitrogens with zero attached hydrogens (tertiary/aromatic N) is 1. The number of rotatable bonds is 3. The van der Waals surface area contributed by atoms with Crippen molar-refractivity contribution in [2.45, 2.75) is 5.50 Å². The SMILES string of the molecule is COc1ccc(N2C(c3cccc(F)c3)=CSC2N)cc1. The van der Waals surface area contributed by atoms with Crippen LogP contribution < -0.4 is 15.4 Å².